The Morgan fingerprint density at radius 3 is 2.56 bits per heavy atom. The topological polar surface area (TPSA) is 46.6 Å². The van der Waals surface area contributed by atoms with Crippen LogP contribution in [0.2, 0.25) is 0 Å². The molecule has 0 N–H and O–H groups in total. The number of aryl methyl sites for hydroxylation is 1. The van der Waals surface area contributed by atoms with Crippen LogP contribution in [0.1, 0.15) is 76.2 Å². The fourth-order valence-corrected chi connectivity index (χ4v) is 4.94. The number of hydrogen-bond donors (Lipinski definition) is 0. The van der Waals surface area contributed by atoms with Gasteiger partial charge in [0, 0.05) is 17.5 Å². The van der Waals surface area contributed by atoms with E-state index in [0.29, 0.717) is 5.56 Å². The second-order valence-electron chi connectivity index (χ2n) is 10.3. The lowest BCUT2D eigenvalue weighted by molar-refractivity contribution is 0.00877. The Labute approximate surface area is 203 Å². The van der Waals surface area contributed by atoms with Gasteiger partial charge in [-0.15, -0.1) is 0 Å². The number of hydrogen-bond acceptors (Lipinski definition) is 3. The zero-order valence-electron chi connectivity index (χ0n) is 21.1. The third kappa shape index (κ3) is 6.25. The summed E-state index contributed by atoms with van der Waals surface area (Å²) >= 11 is 0. The van der Waals surface area contributed by atoms with Gasteiger partial charge in [-0.25, -0.2) is 9.18 Å². The van der Waals surface area contributed by atoms with Crippen LogP contribution in [0.3, 0.4) is 0 Å². The smallest absolute Gasteiger partial charge is 0.411 e. The molecule has 184 valence electrons. The average Bonchev–Trinajstić information content (AvgIpc) is 2.81. The highest BCUT2D eigenvalue weighted by Gasteiger charge is 2.36. The summed E-state index contributed by atoms with van der Waals surface area (Å²) < 4.78 is 20.5. The minimum absolute atomic E-state index is 0.0498. The largest absolute Gasteiger partial charge is 0.444 e. The van der Waals surface area contributed by atoms with Crippen LogP contribution in [-0.2, 0) is 11.2 Å². The van der Waals surface area contributed by atoms with E-state index in [-0.39, 0.29) is 24.1 Å². The number of aldehydes is 1. The number of alkyl halides is 1. The monoisotopic (exact) mass is 467 g/mol. The molecule has 0 heterocycles. The molecule has 1 aromatic rings. The molecule has 1 amide bonds. The van der Waals surface area contributed by atoms with Crippen molar-refractivity contribution in [1.82, 2.24) is 4.90 Å². The van der Waals surface area contributed by atoms with E-state index in [1.165, 1.54) is 0 Å². The van der Waals surface area contributed by atoms with E-state index in [4.69, 9.17) is 4.74 Å². The normalized spacial score (nSPS) is 21.6. The van der Waals surface area contributed by atoms with E-state index in [2.05, 4.69) is 13.0 Å². The van der Waals surface area contributed by atoms with Gasteiger partial charge in [0.15, 0.2) is 0 Å². The number of fused-ring (bicyclic) bond motifs is 1. The summed E-state index contributed by atoms with van der Waals surface area (Å²) in [5, 5.41) is 0. The van der Waals surface area contributed by atoms with Crippen molar-refractivity contribution in [2.45, 2.75) is 90.6 Å². The van der Waals surface area contributed by atoms with Crippen LogP contribution in [0.15, 0.2) is 59.7 Å². The molecule has 0 saturated heterocycles. The molecule has 3 rings (SSSR count). The van der Waals surface area contributed by atoms with Gasteiger partial charge in [0.25, 0.3) is 0 Å². The molecule has 2 unspecified atom stereocenters. The van der Waals surface area contributed by atoms with E-state index >= 15 is 0 Å². The minimum Gasteiger partial charge on any atom is -0.444 e. The van der Waals surface area contributed by atoms with Crippen molar-refractivity contribution in [1.29, 1.82) is 0 Å². The summed E-state index contributed by atoms with van der Waals surface area (Å²) in [7, 11) is 0. The summed E-state index contributed by atoms with van der Waals surface area (Å²) in [5.74, 6) is -0.149. The molecule has 0 spiro atoms. The minimum atomic E-state index is -0.984. The van der Waals surface area contributed by atoms with Gasteiger partial charge in [0.1, 0.15) is 18.1 Å². The van der Waals surface area contributed by atoms with Gasteiger partial charge in [0.05, 0.1) is 6.04 Å². The molecule has 0 aromatic heterocycles. The fraction of sp³-hybridized carbons (Fsp3) is 0.517. The van der Waals surface area contributed by atoms with Gasteiger partial charge >= 0.3 is 6.09 Å². The molecule has 0 fully saturated rings. The van der Waals surface area contributed by atoms with E-state index in [9.17, 15) is 14.0 Å². The van der Waals surface area contributed by atoms with Crippen LogP contribution in [0.5, 0.6) is 0 Å². The van der Waals surface area contributed by atoms with Gasteiger partial charge in [-0.05, 0) is 82.6 Å². The molecular weight excluding hydrogens is 429 g/mol. The Morgan fingerprint density at radius 1 is 1.24 bits per heavy atom. The fourth-order valence-electron chi connectivity index (χ4n) is 4.94. The summed E-state index contributed by atoms with van der Waals surface area (Å²) in [5.41, 5.74) is 3.15. The molecule has 34 heavy (non-hydrogen) atoms. The first-order valence-electron chi connectivity index (χ1n) is 12.4. The lowest BCUT2D eigenvalue weighted by Crippen LogP contribution is -2.49. The highest BCUT2D eigenvalue weighted by Crippen LogP contribution is 2.38. The summed E-state index contributed by atoms with van der Waals surface area (Å²) in [6.45, 7) is 9.73. The number of amides is 1. The van der Waals surface area contributed by atoms with Crippen LogP contribution in [0, 0.1) is 5.92 Å². The van der Waals surface area contributed by atoms with E-state index in [0.717, 1.165) is 55.1 Å². The number of ether oxygens (including phenoxy) is 1. The maximum absolute atomic E-state index is 14.6. The third-order valence-corrected chi connectivity index (χ3v) is 6.74. The first kappa shape index (κ1) is 25.9. The van der Waals surface area contributed by atoms with Crippen LogP contribution >= 0.6 is 0 Å². The third-order valence-electron chi connectivity index (χ3n) is 6.74. The number of carbonyl (C=O) groups is 2. The molecule has 5 heteroatoms. The van der Waals surface area contributed by atoms with Crippen molar-refractivity contribution in [3.05, 3.63) is 70.8 Å². The quantitative estimate of drug-likeness (QED) is 0.387. The number of carbonyl (C=O) groups excluding carboxylic acids is 2. The Morgan fingerprint density at radius 2 is 1.94 bits per heavy atom. The zero-order valence-corrected chi connectivity index (χ0v) is 21.1. The zero-order chi connectivity index (χ0) is 24.9. The predicted octanol–water partition coefficient (Wildman–Crippen LogP) is 7.01. The maximum Gasteiger partial charge on any atom is 0.411 e. The predicted molar refractivity (Wildman–Crippen MR) is 135 cm³/mol. The van der Waals surface area contributed by atoms with E-state index < -0.39 is 11.8 Å². The summed E-state index contributed by atoms with van der Waals surface area (Å²) in [4.78, 5) is 26.3. The highest BCUT2D eigenvalue weighted by molar-refractivity contribution is 5.74. The molecule has 2 aliphatic carbocycles. The van der Waals surface area contributed by atoms with E-state index in [1.807, 2.05) is 69.0 Å². The second-order valence-corrected chi connectivity index (χ2v) is 10.3. The van der Waals surface area contributed by atoms with Gasteiger partial charge < -0.3 is 4.74 Å². The molecule has 4 atom stereocenters. The number of nitrogens with zero attached hydrogens (tertiary/aromatic N) is 1. The molecule has 0 radical (unpaired) electrons. The van der Waals surface area contributed by atoms with Gasteiger partial charge in [-0.3, -0.25) is 9.69 Å². The molecule has 2 aliphatic rings. The van der Waals surface area contributed by atoms with Gasteiger partial charge in [-0.1, -0.05) is 49.4 Å². The molecule has 4 nitrogen and oxygen atoms in total. The average molecular weight is 468 g/mol. The Kier molecular flexibility index (Phi) is 8.51. The molecular formula is C29H38FNO3. The van der Waals surface area contributed by atoms with E-state index in [1.54, 1.807) is 6.08 Å². The van der Waals surface area contributed by atoms with Crippen molar-refractivity contribution in [3.63, 3.8) is 0 Å². The standard InChI is InChI=1S/C29H38FNO3/c1-6-23(16-15-21-11-13-22(19-32)14-12-21)31(28(33)34-29(3,4)5)20(2)24-17-18-27(30)26-10-8-7-9-25(24)26/h7,9,11-14,17-20,23,26-27H,6,8,10,15-16H2,1-5H3/t20-,23+,26?,27?/m1/s1. The van der Waals surface area contributed by atoms with Crippen molar-refractivity contribution in [2.75, 3.05) is 0 Å². The molecule has 1 aromatic carbocycles. The van der Waals surface area contributed by atoms with Crippen molar-refractivity contribution >= 4 is 12.4 Å². The molecule has 0 saturated carbocycles. The summed E-state index contributed by atoms with van der Waals surface area (Å²) in [6, 6.07) is 7.27. The van der Waals surface area contributed by atoms with Crippen LogP contribution in [0.4, 0.5) is 9.18 Å². The van der Waals surface area contributed by atoms with Crippen LogP contribution < -0.4 is 0 Å². The lowest BCUT2D eigenvalue weighted by Gasteiger charge is -2.40. The Bertz CT molecular complexity index is 955. The number of rotatable bonds is 8. The van der Waals surface area contributed by atoms with Crippen molar-refractivity contribution in [2.24, 2.45) is 5.92 Å². The Hall–Kier alpha value is -2.69. The Balaban J connectivity index is 1.90. The molecule has 0 bridgehead atoms. The maximum atomic E-state index is 14.6. The molecule has 0 aliphatic heterocycles. The van der Waals surface area contributed by atoms with Crippen molar-refractivity contribution in [3.8, 4) is 0 Å². The second kappa shape index (κ2) is 11.2. The number of benzene rings is 1. The first-order valence-corrected chi connectivity index (χ1v) is 12.4. The van der Waals surface area contributed by atoms with Gasteiger partial charge in [0.2, 0.25) is 0 Å². The summed E-state index contributed by atoms with van der Waals surface area (Å²) in [6.07, 6.45) is 11.1. The van der Waals surface area contributed by atoms with Gasteiger partial charge in [-0.2, -0.15) is 0 Å². The highest BCUT2D eigenvalue weighted by atomic mass is 19.1. The van der Waals surface area contributed by atoms with Crippen LogP contribution in [0.25, 0.3) is 0 Å². The SMILES string of the molecule is CC[C@@H](CCc1ccc(C=O)cc1)N(C(=O)OC(C)(C)C)[C@H](C)C1=C2C=CCCC2C(F)C=C1. The number of allylic oxidation sites excluding steroid dienone is 4. The van der Waals surface area contributed by atoms with Crippen LogP contribution in [-0.4, -0.2) is 41.1 Å². The first-order chi connectivity index (χ1) is 16.1. The van der Waals surface area contributed by atoms with Crippen molar-refractivity contribution < 1.29 is 18.7 Å². The lowest BCUT2D eigenvalue weighted by atomic mass is 9.77. The number of halogens is 1.